The van der Waals surface area contributed by atoms with Gasteiger partial charge in [0.25, 0.3) is 5.92 Å². The molecule has 1 aliphatic rings. The van der Waals surface area contributed by atoms with Crippen LogP contribution < -0.4 is 0 Å². The molecular formula is C17H11F5N2O2. The number of alkyl halides is 2. The highest BCUT2D eigenvalue weighted by molar-refractivity contribution is 5.82. The Morgan fingerprint density at radius 3 is 2.50 bits per heavy atom. The van der Waals surface area contributed by atoms with Crippen molar-refractivity contribution in [1.29, 1.82) is 0 Å². The third-order valence-electron chi connectivity index (χ3n) is 4.10. The van der Waals surface area contributed by atoms with Crippen LogP contribution in [0.15, 0.2) is 30.5 Å². The first-order chi connectivity index (χ1) is 12.2. The quantitative estimate of drug-likeness (QED) is 0.420. The van der Waals surface area contributed by atoms with Gasteiger partial charge in [0.1, 0.15) is 11.6 Å². The zero-order valence-corrected chi connectivity index (χ0v) is 13.1. The molecule has 2 aromatic rings. The molecule has 0 saturated carbocycles. The summed E-state index contributed by atoms with van der Waals surface area (Å²) in [6, 6.07) is 2.29. The molecule has 1 aliphatic carbocycles. The minimum absolute atomic E-state index is 0.0144. The van der Waals surface area contributed by atoms with Gasteiger partial charge in [-0.15, -0.1) is 0 Å². The number of benzene rings is 1. The molecule has 0 bridgehead atoms. The minimum atomic E-state index is -2.97. The Labute approximate surface area is 144 Å². The fourth-order valence-corrected chi connectivity index (χ4v) is 2.86. The van der Waals surface area contributed by atoms with Crippen molar-refractivity contribution in [3.63, 3.8) is 0 Å². The van der Waals surface area contributed by atoms with Crippen molar-refractivity contribution >= 4 is 11.3 Å². The van der Waals surface area contributed by atoms with Gasteiger partial charge in [0.05, 0.1) is 16.7 Å². The van der Waals surface area contributed by atoms with E-state index in [0.717, 1.165) is 18.2 Å². The molecule has 0 atom stereocenters. The van der Waals surface area contributed by atoms with Gasteiger partial charge in [-0.25, -0.2) is 26.9 Å². The lowest BCUT2D eigenvalue weighted by Crippen LogP contribution is -2.19. The number of aromatic nitrogens is 1. The Morgan fingerprint density at radius 2 is 1.88 bits per heavy atom. The third-order valence-corrected chi connectivity index (χ3v) is 4.10. The zero-order valence-electron chi connectivity index (χ0n) is 13.1. The SMILES string of the molecule is O=[N+]([O-])c1c(-c2cc(F)ccc2F)ncc(F)c1C1=CCC(F)(F)CC1. The molecule has 0 N–H and O–H groups in total. The number of nitrogens with zero attached hydrogens (tertiary/aromatic N) is 2. The van der Waals surface area contributed by atoms with Crippen LogP contribution in [0.5, 0.6) is 0 Å². The van der Waals surface area contributed by atoms with E-state index in [1.165, 1.54) is 0 Å². The van der Waals surface area contributed by atoms with Gasteiger partial charge in [-0.2, -0.15) is 0 Å². The molecule has 0 unspecified atom stereocenters. The summed E-state index contributed by atoms with van der Waals surface area (Å²) in [6.45, 7) is 0. The van der Waals surface area contributed by atoms with E-state index in [0.29, 0.717) is 12.3 Å². The van der Waals surface area contributed by atoms with E-state index < -0.39 is 63.6 Å². The molecule has 1 heterocycles. The minimum Gasteiger partial charge on any atom is -0.258 e. The summed E-state index contributed by atoms with van der Waals surface area (Å²) in [5, 5.41) is 11.5. The van der Waals surface area contributed by atoms with Crippen molar-refractivity contribution < 1.29 is 26.9 Å². The normalized spacial score (nSPS) is 16.3. The second-order valence-corrected chi connectivity index (χ2v) is 5.85. The highest BCUT2D eigenvalue weighted by atomic mass is 19.3. The van der Waals surface area contributed by atoms with E-state index in [1.54, 1.807) is 0 Å². The number of allylic oxidation sites excluding steroid dienone is 2. The average molecular weight is 370 g/mol. The van der Waals surface area contributed by atoms with Crippen LogP contribution in [0.4, 0.5) is 27.6 Å². The number of hydrogen-bond donors (Lipinski definition) is 0. The summed E-state index contributed by atoms with van der Waals surface area (Å²) < 4.78 is 68.4. The summed E-state index contributed by atoms with van der Waals surface area (Å²) in [4.78, 5) is 14.1. The van der Waals surface area contributed by atoms with Crippen molar-refractivity contribution in [2.45, 2.75) is 25.2 Å². The predicted molar refractivity (Wildman–Crippen MR) is 83.0 cm³/mol. The van der Waals surface area contributed by atoms with E-state index in [2.05, 4.69) is 4.98 Å². The second-order valence-electron chi connectivity index (χ2n) is 5.85. The number of nitro groups is 1. The van der Waals surface area contributed by atoms with Crippen LogP contribution in [0.25, 0.3) is 16.8 Å². The van der Waals surface area contributed by atoms with Gasteiger partial charge in [0.15, 0.2) is 11.5 Å². The maximum Gasteiger partial charge on any atom is 0.305 e. The van der Waals surface area contributed by atoms with E-state index in [1.807, 2.05) is 0 Å². The van der Waals surface area contributed by atoms with Crippen molar-refractivity contribution in [3.8, 4) is 11.3 Å². The summed E-state index contributed by atoms with van der Waals surface area (Å²) in [5.74, 6) is -5.91. The molecule has 136 valence electrons. The first kappa shape index (κ1) is 18.0. The predicted octanol–water partition coefficient (Wildman–Crippen LogP) is 5.28. The molecule has 0 spiro atoms. The van der Waals surface area contributed by atoms with Gasteiger partial charge in [-0.05, 0) is 30.2 Å². The van der Waals surface area contributed by atoms with E-state index in [4.69, 9.17) is 0 Å². The highest BCUT2D eigenvalue weighted by Gasteiger charge is 2.35. The monoisotopic (exact) mass is 370 g/mol. The molecule has 9 heteroatoms. The molecule has 0 fully saturated rings. The Kier molecular flexibility index (Phi) is 4.47. The number of hydrogen-bond acceptors (Lipinski definition) is 3. The lowest BCUT2D eigenvalue weighted by atomic mass is 9.89. The Morgan fingerprint density at radius 1 is 1.15 bits per heavy atom. The van der Waals surface area contributed by atoms with E-state index >= 15 is 0 Å². The molecule has 1 aromatic heterocycles. The molecule has 4 nitrogen and oxygen atoms in total. The Bertz CT molecular complexity index is 928. The van der Waals surface area contributed by atoms with Crippen LogP contribution in [0.1, 0.15) is 24.8 Å². The number of halogens is 5. The summed E-state index contributed by atoms with van der Waals surface area (Å²) in [5.41, 5.74) is -2.48. The molecule has 0 radical (unpaired) electrons. The van der Waals surface area contributed by atoms with Gasteiger partial charge in [0.2, 0.25) is 0 Å². The first-order valence-corrected chi connectivity index (χ1v) is 7.55. The van der Waals surface area contributed by atoms with Crippen LogP contribution in [-0.4, -0.2) is 15.8 Å². The summed E-state index contributed by atoms with van der Waals surface area (Å²) in [7, 11) is 0. The van der Waals surface area contributed by atoms with Gasteiger partial charge in [-0.1, -0.05) is 6.08 Å². The topological polar surface area (TPSA) is 56.0 Å². The van der Waals surface area contributed by atoms with Gasteiger partial charge >= 0.3 is 5.69 Å². The summed E-state index contributed by atoms with van der Waals surface area (Å²) >= 11 is 0. The molecule has 3 rings (SSSR count). The van der Waals surface area contributed by atoms with Crippen LogP contribution in [-0.2, 0) is 0 Å². The lowest BCUT2D eigenvalue weighted by Gasteiger charge is -2.22. The molecule has 0 amide bonds. The fourth-order valence-electron chi connectivity index (χ4n) is 2.86. The maximum atomic E-state index is 14.3. The molecule has 0 aliphatic heterocycles. The van der Waals surface area contributed by atoms with E-state index in [9.17, 15) is 32.1 Å². The molecule has 0 saturated heterocycles. The van der Waals surface area contributed by atoms with Gasteiger partial charge in [-0.3, -0.25) is 10.1 Å². The number of rotatable bonds is 3. The average Bonchev–Trinajstić information content (AvgIpc) is 2.57. The van der Waals surface area contributed by atoms with Crippen molar-refractivity contribution in [2.24, 2.45) is 0 Å². The van der Waals surface area contributed by atoms with E-state index in [-0.39, 0.29) is 12.0 Å². The first-order valence-electron chi connectivity index (χ1n) is 7.55. The third kappa shape index (κ3) is 3.29. The van der Waals surface area contributed by atoms with Crippen LogP contribution in [0.2, 0.25) is 0 Å². The lowest BCUT2D eigenvalue weighted by molar-refractivity contribution is -0.384. The maximum absolute atomic E-state index is 14.3. The standard InChI is InChI=1S/C17H11F5N2O2/c18-10-1-2-12(19)11(7-10)15-16(24(25)26)14(13(20)8-23-15)9-3-5-17(21,22)6-4-9/h1-3,7-8H,4-6H2. The summed E-state index contributed by atoms with van der Waals surface area (Å²) in [6.07, 6.45) is 0.0857. The highest BCUT2D eigenvalue weighted by Crippen LogP contribution is 2.43. The molecule has 26 heavy (non-hydrogen) atoms. The smallest absolute Gasteiger partial charge is 0.258 e. The van der Waals surface area contributed by atoms with Crippen molar-refractivity contribution in [3.05, 3.63) is 63.6 Å². The van der Waals surface area contributed by atoms with Crippen LogP contribution >= 0.6 is 0 Å². The fraction of sp³-hybridized carbons (Fsp3) is 0.235. The molecular weight excluding hydrogens is 359 g/mol. The zero-order chi connectivity index (χ0) is 19.1. The number of pyridine rings is 1. The van der Waals surface area contributed by atoms with Crippen molar-refractivity contribution in [2.75, 3.05) is 0 Å². The van der Waals surface area contributed by atoms with Gasteiger partial charge < -0.3 is 0 Å². The van der Waals surface area contributed by atoms with Gasteiger partial charge in [0, 0.05) is 18.4 Å². The van der Waals surface area contributed by atoms with Crippen LogP contribution in [0, 0.1) is 27.6 Å². The van der Waals surface area contributed by atoms with Crippen LogP contribution in [0.3, 0.4) is 0 Å². The largest absolute Gasteiger partial charge is 0.305 e. The molecule has 1 aromatic carbocycles. The Balaban J connectivity index is 2.25. The second kappa shape index (κ2) is 6.47. The van der Waals surface area contributed by atoms with Crippen molar-refractivity contribution in [1.82, 2.24) is 4.98 Å². The Hall–Kier alpha value is -2.84.